The molecule has 9 nitrogen and oxygen atoms in total. The van der Waals surface area contributed by atoms with Crippen LogP contribution < -0.4 is 0 Å². The van der Waals surface area contributed by atoms with Crippen LogP contribution in [0.2, 0.25) is 0 Å². The Kier molecular flexibility index (Phi) is 4.31. The number of amides is 1. The minimum Gasteiger partial charge on any atom is -0.477 e. The number of β-lactam (4-membered cyclic amide) rings is 1. The number of thiazole rings is 1. The van der Waals surface area contributed by atoms with Crippen molar-refractivity contribution in [2.75, 3.05) is 0 Å². The molecule has 31 heavy (non-hydrogen) atoms. The van der Waals surface area contributed by atoms with E-state index in [4.69, 9.17) is 0 Å². The van der Waals surface area contributed by atoms with E-state index in [1.807, 2.05) is 6.92 Å². The number of pyridine rings is 1. The molecule has 4 unspecified atom stereocenters. The first kappa shape index (κ1) is 19.6. The first-order chi connectivity index (χ1) is 14.8. The van der Waals surface area contributed by atoms with Crippen LogP contribution in [0.3, 0.4) is 0 Å². The molecule has 0 aliphatic carbocycles. The number of nitrogens with zero attached hydrogens (tertiary/aromatic N) is 4. The maximum Gasteiger partial charge on any atom is 0.352 e. The van der Waals surface area contributed by atoms with Gasteiger partial charge >= 0.3 is 5.97 Å². The van der Waals surface area contributed by atoms with Gasteiger partial charge in [-0.25, -0.2) is 9.78 Å². The van der Waals surface area contributed by atoms with E-state index in [9.17, 15) is 24.6 Å². The Morgan fingerprint density at radius 2 is 2.10 bits per heavy atom. The summed E-state index contributed by atoms with van der Waals surface area (Å²) in [5, 5.41) is 19.9. The van der Waals surface area contributed by atoms with E-state index in [1.54, 1.807) is 35.9 Å². The van der Waals surface area contributed by atoms with Crippen LogP contribution in [-0.4, -0.2) is 59.3 Å². The maximum atomic E-state index is 12.9. The van der Waals surface area contributed by atoms with Gasteiger partial charge in [-0.2, -0.15) is 0 Å². The van der Waals surface area contributed by atoms with Crippen LogP contribution in [-0.2, 0) is 9.59 Å². The number of imidazole rings is 1. The molecule has 10 heteroatoms. The topological polar surface area (TPSA) is 125 Å². The number of hydrogen-bond donors (Lipinski definition) is 2. The summed E-state index contributed by atoms with van der Waals surface area (Å²) >= 11 is 1.26. The standard InChI is InChI=1S/C21H18N4O5S/c1-9-13(17(21(29)30)25-16(9)14(10(2)26)19(25)28)12-7-24-8-23-15(20(24)31-12)18(27)11-4-3-5-22-6-11/h3-10,14,16,26H,1-2H3,(H,29,30). The normalized spacial score (nSPS) is 23.8. The summed E-state index contributed by atoms with van der Waals surface area (Å²) in [5.41, 5.74) is 1.14. The van der Waals surface area contributed by atoms with Gasteiger partial charge in [0.15, 0.2) is 0 Å². The lowest BCUT2D eigenvalue weighted by Gasteiger charge is -2.46. The van der Waals surface area contributed by atoms with Crippen LogP contribution in [0.25, 0.3) is 10.4 Å². The van der Waals surface area contributed by atoms with Crippen LogP contribution in [0.5, 0.6) is 0 Å². The number of ketones is 1. The molecule has 4 atom stereocenters. The number of aliphatic carboxylic acids is 1. The summed E-state index contributed by atoms with van der Waals surface area (Å²) in [6.07, 6.45) is 5.43. The fourth-order valence-electron chi connectivity index (χ4n) is 4.61. The van der Waals surface area contributed by atoms with Gasteiger partial charge in [0, 0.05) is 35.6 Å². The van der Waals surface area contributed by atoms with Crippen molar-refractivity contribution >= 4 is 39.4 Å². The Morgan fingerprint density at radius 1 is 1.32 bits per heavy atom. The molecule has 1 fully saturated rings. The predicted molar refractivity (Wildman–Crippen MR) is 110 cm³/mol. The zero-order valence-corrected chi connectivity index (χ0v) is 17.4. The number of hydrogen-bond acceptors (Lipinski definition) is 7. The second-order valence-electron chi connectivity index (χ2n) is 7.79. The highest BCUT2D eigenvalue weighted by Gasteiger charge is 2.60. The zero-order valence-electron chi connectivity index (χ0n) is 16.6. The van der Waals surface area contributed by atoms with E-state index in [1.165, 1.54) is 28.8 Å². The Balaban J connectivity index is 1.60. The molecular formula is C21H18N4O5S. The van der Waals surface area contributed by atoms with E-state index in [0.29, 0.717) is 20.8 Å². The highest BCUT2D eigenvalue weighted by molar-refractivity contribution is 7.18. The highest BCUT2D eigenvalue weighted by Crippen LogP contribution is 2.51. The minimum absolute atomic E-state index is 0.0583. The van der Waals surface area contributed by atoms with E-state index >= 15 is 0 Å². The molecule has 1 amide bonds. The number of carboxylic acid groups (broad SMARTS) is 1. The van der Waals surface area contributed by atoms with Gasteiger partial charge in [0.1, 0.15) is 22.5 Å². The lowest BCUT2D eigenvalue weighted by atomic mass is 9.77. The van der Waals surface area contributed by atoms with Crippen molar-refractivity contribution in [2.45, 2.75) is 26.0 Å². The van der Waals surface area contributed by atoms with Crippen molar-refractivity contribution in [2.24, 2.45) is 11.8 Å². The number of carbonyl (C=O) groups is 3. The SMILES string of the molecule is CC(O)C1C(=O)N2C(C(=O)O)=C(c3cn4cnc(C(=O)c5cccnc5)c4s3)C(C)C12. The average molecular weight is 438 g/mol. The fraction of sp³-hybridized carbons (Fsp3) is 0.286. The van der Waals surface area contributed by atoms with Crippen LogP contribution in [0.4, 0.5) is 0 Å². The van der Waals surface area contributed by atoms with Gasteiger partial charge in [0.2, 0.25) is 11.7 Å². The summed E-state index contributed by atoms with van der Waals surface area (Å²) < 4.78 is 1.69. The Hall–Kier alpha value is -3.37. The Labute approximate surface area is 180 Å². The molecule has 3 aromatic heterocycles. The van der Waals surface area contributed by atoms with Crippen molar-refractivity contribution in [3.8, 4) is 0 Å². The number of rotatable bonds is 5. The van der Waals surface area contributed by atoms with Gasteiger partial charge in [-0.3, -0.25) is 19.0 Å². The smallest absolute Gasteiger partial charge is 0.352 e. The van der Waals surface area contributed by atoms with Gasteiger partial charge in [-0.1, -0.05) is 6.92 Å². The average Bonchev–Trinajstić information content (AvgIpc) is 3.37. The Bertz CT molecular complexity index is 1280. The molecule has 0 radical (unpaired) electrons. The summed E-state index contributed by atoms with van der Waals surface area (Å²) in [6, 6.07) is 2.93. The first-order valence-electron chi connectivity index (χ1n) is 9.71. The largest absolute Gasteiger partial charge is 0.477 e. The molecule has 0 spiro atoms. The summed E-state index contributed by atoms with van der Waals surface area (Å²) in [4.78, 5) is 48.2. The molecule has 2 N–H and O–H groups in total. The molecule has 2 aliphatic rings. The van der Waals surface area contributed by atoms with Crippen LogP contribution in [0.1, 0.15) is 34.8 Å². The second-order valence-corrected chi connectivity index (χ2v) is 8.82. The van der Waals surface area contributed by atoms with Crippen molar-refractivity contribution in [1.29, 1.82) is 0 Å². The first-order valence-corrected chi connectivity index (χ1v) is 10.5. The molecule has 1 saturated heterocycles. The Morgan fingerprint density at radius 3 is 2.74 bits per heavy atom. The van der Waals surface area contributed by atoms with Crippen LogP contribution >= 0.6 is 11.3 Å². The number of fused-ring (bicyclic) bond motifs is 2. The van der Waals surface area contributed by atoms with Gasteiger partial charge in [0.05, 0.1) is 22.9 Å². The molecule has 5 heterocycles. The van der Waals surface area contributed by atoms with Crippen molar-refractivity contribution < 1.29 is 24.6 Å². The van der Waals surface area contributed by atoms with Gasteiger partial charge in [-0.15, -0.1) is 11.3 Å². The predicted octanol–water partition coefficient (Wildman–Crippen LogP) is 1.67. The third kappa shape index (κ3) is 2.68. The maximum absolute atomic E-state index is 12.9. The monoisotopic (exact) mass is 438 g/mol. The van der Waals surface area contributed by atoms with Crippen LogP contribution in [0, 0.1) is 11.8 Å². The second kappa shape index (κ2) is 6.82. The molecule has 0 bridgehead atoms. The fourth-order valence-corrected chi connectivity index (χ4v) is 5.82. The summed E-state index contributed by atoms with van der Waals surface area (Å²) in [7, 11) is 0. The van der Waals surface area contributed by atoms with E-state index in [2.05, 4.69) is 9.97 Å². The molecule has 158 valence electrons. The lowest BCUT2D eigenvalue weighted by Crippen LogP contribution is -2.63. The number of carboxylic acids is 1. The van der Waals surface area contributed by atoms with Crippen LogP contribution in [0.15, 0.2) is 42.7 Å². The van der Waals surface area contributed by atoms with Gasteiger partial charge in [-0.05, 0) is 19.1 Å². The quantitative estimate of drug-likeness (QED) is 0.459. The third-order valence-corrected chi connectivity index (χ3v) is 7.13. The summed E-state index contributed by atoms with van der Waals surface area (Å²) in [6.45, 7) is 3.40. The number of carbonyl (C=O) groups excluding carboxylic acids is 2. The molecule has 0 saturated carbocycles. The number of aromatic nitrogens is 3. The minimum atomic E-state index is -1.19. The lowest BCUT2D eigenvalue weighted by molar-refractivity contribution is -0.163. The van der Waals surface area contributed by atoms with Crippen molar-refractivity contribution in [1.82, 2.24) is 19.3 Å². The van der Waals surface area contributed by atoms with E-state index in [-0.39, 0.29) is 29.0 Å². The molecule has 0 aromatic carbocycles. The van der Waals surface area contributed by atoms with Crippen molar-refractivity contribution in [3.05, 3.63) is 58.9 Å². The van der Waals surface area contributed by atoms with Crippen molar-refractivity contribution in [3.63, 3.8) is 0 Å². The van der Waals surface area contributed by atoms with Gasteiger partial charge in [0.25, 0.3) is 0 Å². The highest BCUT2D eigenvalue weighted by atomic mass is 32.1. The molecule has 2 aliphatic heterocycles. The van der Waals surface area contributed by atoms with E-state index in [0.717, 1.165) is 0 Å². The number of aliphatic hydroxyl groups excluding tert-OH is 1. The zero-order chi connectivity index (χ0) is 22.0. The molecular weight excluding hydrogens is 420 g/mol. The van der Waals surface area contributed by atoms with E-state index < -0.39 is 24.0 Å². The molecule has 3 aromatic rings. The number of aliphatic hydroxyl groups is 1. The summed E-state index contributed by atoms with van der Waals surface area (Å²) in [5.74, 6) is -2.75. The molecule has 5 rings (SSSR count). The third-order valence-electron chi connectivity index (χ3n) is 5.99. The van der Waals surface area contributed by atoms with Gasteiger partial charge < -0.3 is 15.1 Å².